The molecule has 0 N–H and O–H groups in total. The minimum atomic E-state index is 0.292. The van der Waals surface area contributed by atoms with E-state index in [2.05, 4.69) is 43.0 Å². The molecule has 0 bridgehead atoms. The van der Waals surface area contributed by atoms with Crippen LogP contribution in [0.25, 0.3) is 0 Å². The molecule has 1 fully saturated rings. The molecule has 1 unspecified atom stereocenters. The van der Waals surface area contributed by atoms with Crippen molar-refractivity contribution in [3.8, 4) is 0 Å². The number of hydrogen-bond acceptors (Lipinski definition) is 4. The Morgan fingerprint density at radius 2 is 2.20 bits per heavy atom. The van der Waals surface area contributed by atoms with Gasteiger partial charge in [0.05, 0.1) is 12.8 Å². The van der Waals surface area contributed by atoms with Gasteiger partial charge in [0.1, 0.15) is 0 Å². The molecule has 0 spiro atoms. The summed E-state index contributed by atoms with van der Waals surface area (Å²) in [5.41, 5.74) is 3.13. The zero-order valence-corrected chi connectivity index (χ0v) is 16.9. The second-order valence-corrected chi connectivity index (χ2v) is 9.02. The van der Waals surface area contributed by atoms with Crippen molar-refractivity contribution in [3.63, 3.8) is 0 Å². The fourth-order valence-corrected chi connectivity index (χ4v) is 4.99. The summed E-state index contributed by atoms with van der Waals surface area (Å²) in [6.45, 7) is 11.5. The molecule has 25 heavy (non-hydrogen) atoms. The van der Waals surface area contributed by atoms with E-state index in [-0.39, 0.29) is 0 Å². The van der Waals surface area contributed by atoms with Gasteiger partial charge in [-0.3, -0.25) is 9.58 Å². The van der Waals surface area contributed by atoms with Gasteiger partial charge in [-0.15, -0.1) is 11.3 Å². The summed E-state index contributed by atoms with van der Waals surface area (Å²) < 4.78 is 7.80. The number of hydrogen-bond donors (Lipinski definition) is 0. The fraction of sp³-hybridized carbons (Fsp3) is 0.650. The topological polar surface area (TPSA) is 30.3 Å². The highest BCUT2D eigenvalue weighted by atomic mass is 32.1. The average Bonchev–Trinajstić information content (AvgIpc) is 3.24. The molecule has 2 aromatic rings. The quantitative estimate of drug-likeness (QED) is 0.713. The van der Waals surface area contributed by atoms with Crippen LogP contribution in [0.3, 0.4) is 0 Å². The van der Waals surface area contributed by atoms with Gasteiger partial charge in [0, 0.05) is 53.7 Å². The Morgan fingerprint density at radius 3 is 2.84 bits per heavy atom. The van der Waals surface area contributed by atoms with E-state index in [0.29, 0.717) is 5.41 Å². The van der Waals surface area contributed by atoms with E-state index in [4.69, 9.17) is 4.74 Å². The Labute approximate surface area is 155 Å². The van der Waals surface area contributed by atoms with Crippen molar-refractivity contribution in [1.82, 2.24) is 14.7 Å². The van der Waals surface area contributed by atoms with Gasteiger partial charge < -0.3 is 4.74 Å². The summed E-state index contributed by atoms with van der Waals surface area (Å²) in [5, 5.41) is 4.30. The van der Waals surface area contributed by atoms with Crippen LogP contribution in [0.5, 0.6) is 0 Å². The van der Waals surface area contributed by atoms with Gasteiger partial charge in [-0.05, 0) is 58.2 Å². The summed E-state index contributed by atoms with van der Waals surface area (Å²) >= 11 is 1.92. The smallest absolute Gasteiger partial charge is 0.0535 e. The van der Waals surface area contributed by atoms with Gasteiger partial charge >= 0.3 is 0 Å². The maximum absolute atomic E-state index is 5.91. The normalized spacial score (nSPS) is 21.3. The van der Waals surface area contributed by atoms with E-state index in [1.807, 2.05) is 29.3 Å². The summed E-state index contributed by atoms with van der Waals surface area (Å²) in [5.74, 6) is 0. The van der Waals surface area contributed by atoms with Gasteiger partial charge in [0.2, 0.25) is 0 Å². The standard InChI is InChI=1S/C20H31N3OS/c1-5-24-15-20(7-6-19-10-16(2)25-17(19)3)8-9-23(14-20)13-18-11-21-22(4)12-18/h10-12H,5-9,13-15H2,1-4H3. The van der Waals surface area contributed by atoms with Gasteiger partial charge in [-0.2, -0.15) is 5.10 Å². The number of nitrogens with zero attached hydrogens (tertiary/aromatic N) is 3. The van der Waals surface area contributed by atoms with Crippen LogP contribution in [0.2, 0.25) is 0 Å². The zero-order chi connectivity index (χ0) is 17.9. The van der Waals surface area contributed by atoms with E-state index in [9.17, 15) is 0 Å². The molecule has 1 aliphatic rings. The predicted octanol–water partition coefficient (Wildman–Crippen LogP) is 3.96. The van der Waals surface area contributed by atoms with Crippen molar-refractivity contribution in [3.05, 3.63) is 39.3 Å². The van der Waals surface area contributed by atoms with Crippen LogP contribution in [-0.4, -0.2) is 41.0 Å². The second-order valence-electron chi connectivity index (χ2n) is 7.56. The van der Waals surface area contributed by atoms with E-state index >= 15 is 0 Å². The number of aromatic nitrogens is 2. The van der Waals surface area contributed by atoms with Gasteiger partial charge in [0.15, 0.2) is 0 Å². The molecule has 3 rings (SSSR count). The van der Waals surface area contributed by atoms with Crippen molar-refractivity contribution in [2.75, 3.05) is 26.3 Å². The van der Waals surface area contributed by atoms with Crippen LogP contribution < -0.4 is 0 Å². The zero-order valence-electron chi connectivity index (χ0n) is 16.0. The number of rotatable bonds is 8. The lowest BCUT2D eigenvalue weighted by molar-refractivity contribution is 0.0489. The first kappa shape index (κ1) is 18.6. The first-order chi connectivity index (χ1) is 12.0. The molecule has 0 saturated carbocycles. The van der Waals surface area contributed by atoms with Crippen molar-refractivity contribution in [2.45, 2.75) is 46.6 Å². The first-order valence-corrected chi connectivity index (χ1v) is 10.1. The van der Waals surface area contributed by atoms with Gasteiger partial charge in [-0.25, -0.2) is 0 Å². The average molecular weight is 362 g/mol. The van der Waals surface area contributed by atoms with Crippen molar-refractivity contribution < 1.29 is 4.74 Å². The number of aryl methyl sites for hydroxylation is 4. The van der Waals surface area contributed by atoms with Crippen LogP contribution in [-0.2, 0) is 24.8 Å². The summed E-state index contributed by atoms with van der Waals surface area (Å²) in [6, 6.07) is 2.37. The van der Waals surface area contributed by atoms with Crippen LogP contribution in [0, 0.1) is 19.3 Å². The van der Waals surface area contributed by atoms with E-state index in [1.54, 1.807) is 0 Å². The summed E-state index contributed by atoms with van der Waals surface area (Å²) in [7, 11) is 1.98. The first-order valence-electron chi connectivity index (χ1n) is 9.33. The Morgan fingerprint density at radius 1 is 1.36 bits per heavy atom. The van der Waals surface area contributed by atoms with Gasteiger partial charge in [-0.1, -0.05) is 0 Å². The second kappa shape index (κ2) is 8.02. The van der Waals surface area contributed by atoms with E-state index in [0.717, 1.165) is 32.8 Å². The molecule has 4 nitrogen and oxygen atoms in total. The molecule has 0 aromatic carbocycles. The van der Waals surface area contributed by atoms with Crippen molar-refractivity contribution in [2.24, 2.45) is 12.5 Å². The molecule has 5 heteroatoms. The van der Waals surface area contributed by atoms with Crippen molar-refractivity contribution in [1.29, 1.82) is 0 Å². The molecule has 0 aliphatic carbocycles. The monoisotopic (exact) mass is 361 g/mol. The Bertz CT molecular complexity index is 693. The maximum atomic E-state index is 5.91. The lowest BCUT2D eigenvalue weighted by atomic mass is 9.82. The lowest BCUT2D eigenvalue weighted by Crippen LogP contribution is -2.32. The number of ether oxygens (including phenoxy) is 1. The molecule has 2 aromatic heterocycles. The van der Waals surface area contributed by atoms with Crippen LogP contribution in [0.4, 0.5) is 0 Å². The Kier molecular flexibility index (Phi) is 5.97. The van der Waals surface area contributed by atoms with Crippen LogP contribution in [0.15, 0.2) is 18.5 Å². The van der Waals surface area contributed by atoms with E-state index < -0.39 is 0 Å². The van der Waals surface area contributed by atoms with Crippen molar-refractivity contribution >= 4 is 11.3 Å². The van der Waals surface area contributed by atoms with Crippen LogP contribution >= 0.6 is 11.3 Å². The molecule has 0 radical (unpaired) electrons. The molecule has 1 saturated heterocycles. The van der Waals surface area contributed by atoms with Crippen LogP contribution in [0.1, 0.15) is 40.6 Å². The fourth-order valence-electron chi connectivity index (χ4n) is 4.02. The molecule has 1 atom stereocenters. The van der Waals surface area contributed by atoms with Gasteiger partial charge in [0.25, 0.3) is 0 Å². The number of likely N-dealkylation sites (tertiary alicyclic amines) is 1. The minimum Gasteiger partial charge on any atom is -0.381 e. The molecule has 3 heterocycles. The summed E-state index contributed by atoms with van der Waals surface area (Å²) in [4.78, 5) is 5.48. The predicted molar refractivity (Wildman–Crippen MR) is 104 cm³/mol. The third kappa shape index (κ3) is 4.72. The minimum absolute atomic E-state index is 0.292. The highest BCUT2D eigenvalue weighted by molar-refractivity contribution is 7.12. The number of thiophene rings is 1. The van der Waals surface area contributed by atoms with E-state index in [1.165, 1.54) is 40.1 Å². The highest BCUT2D eigenvalue weighted by Crippen LogP contribution is 2.37. The third-order valence-electron chi connectivity index (χ3n) is 5.36. The SMILES string of the molecule is CCOCC1(CCc2cc(C)sc2C)CCN(Cc2cnn(C)c2)C1. The molecule has 1 aliphatic heterocycles. The largest absolute Gasteiger partial charge is 0.381 e. The third-order valence-corrected chi connectivity index (χ3v) is 6.37. The highest BCUT2D eigenvalue weighted by Gasteiger charge is 2.38. The Balaban J connectivity index is 1.63. The molecule has 0 amide bonds. The summed E-state index contributed by atoms with van der Waals surface area (Å²) in [6.07, 6.45) is 7.73. The lowest BCUT2D eigenvalue weighted by Gasteiger charge is -2.29. The molecular formula is C20H31N3OS. The molecular weight excluding hydrogens is 330 g/mol. The Hall–Kier alpha value is -1.17. The maximum Gasteiger partial charge on any atom is 0.0535 e. The molecule has 138 valence electrons.